The summed E-state index contributed by atoms with van der Waals surface area (Å²) in [7, 11) is 0. The summed E-state index contributed by atoms with van der Waals surface area (Å²) in [5.41, 5.74) is 6.09. The Morgan fingerprint density at radius 1 is 0.933 bits per heavy atom. The van der Waals surface area contributed by atoms with Crippen LogP contribution in [0.4, 0.5) is 0 Å². The Balaban J connectivity index is 1.25. The van der Waals surface area contributed by atoms with Gasteiger partial charge in [-0.15, -0.1) is 0 Å². The molecule has 2 aromatic rings. The maximum atomic E-state index is 12.5. The number of amides is 1. The van der Waals surface area contributed by atoms with Gasteiger partial charge in [0.2, 0.25) is 5.91 Å². The molecule has 1 N–H and O–H groups in total. The van der Waals surface area contributed by atoms with Gasteiger partial charge in [0.25, 0.3) is 0 Å². The number of nitrogens with zero attached hydrogens (tertiary/aromatic N) is 1. The summed E-state index contributed by atoms with van der Waals surface area (Å²) in [4.78, 5) is 27.4. The van der Waals surface area contributed by atoms with Gasteiger partial charge in [0.15, 0.2) is 5.78 Å². The summed E-state index contributed by atoms with van der Waals surface area (Å²) < 4.78 is 0. The van der Waals surface area contributed by atoms with E-state index in [9.17, 15) is 9.59 Å². The van der Waals surface area contributed by atoms with Crippen molar-refractivity contribution in [1.29, 1.82) is 0 Å². The average Bonchev–Trinajstić information content (AvgIpc) is 3.23. The Hall–Kier alpha value is -2.46. The van der Waals surface area contributed by atoms with Crippen molar-refractivity contribution in [2.75, 3.05) is 13.1 Å². The highest BCUT2D eigenvalue weighted by Crippen LogP contribution is 2.25. The van der Waals surface area contributed by atoms with Crippen LogP contribution in [0.3, 0.4) is 0 Å². The van der Waals surface area contributed by atoms with E-state index < -0.39 is 0 Å². The first kappa shape index (κ1) is 20.8. The minimum Gasteiger partial charge on any atom is -0.354 e. The van der Waals surface area contributed by atoms with Crippen LogP contribution in [-0.2, 0) is 30.6 Å². The lowest BCUT2D eigenvalue weighted by Crippen LogP contribution is -2.53. The van der Waals surface area contributed by atoms with Gasteiger partial charge < -0.3 is 5.32 Å². The molecule has 0 saturated heterocycles. The summed E-state index contributed by atoms with van der Waals surface area (Å²) in [6.07, 6.45) is 4.91. The van der Waals surface area contributed by atoms with E-state index in [2.05, 4.69) is 54.4 Å². The van der Waals surface area contributed by atoms with Crippen molar-refractivity contribution in [3.8, 4) is 0 Å². The summed E-state index contributed by atoms with van der Waals surface area (Å²) in [5.74, 6) is 0.0155. The number of fused-ring (bicyclic) bond motifs is 2. The van der Waals surface area contributed by atoms with Crippen LogP contribution in [0.2, 0.25) is 0 Å². The van der Waals surface area contributed by atoms with E-state index >= 15 is 0 Å². The van der Waals surface area contributed by atoms with Crippen LogP contribution in [0.25, 0.3) is 0 Å². The molecule has 0 radical (unpaired) electrons. The quantitative estimate of drug-likeness (QED) is 0.707. The number of carbonyl (C=O) groups excluding carboxylic acids is 2. The van der Waals surface area contributed by atoms with E-state index in [-0.39, 0.29) is 30.1 Å². The summed E-state index contributed by atoms with van der Waals surface area (Å²) >= 11 is 0. The number of Topliss-reactive ketones (excluding diaryl/α,β-unsaturated/α-hetero) is 1. The molecule has 0 bridgehead atoms. The first-order chi connectivity index (χ1) is 14.4. The lowest BCUT2D eigenvalue weighted by molar-refractivity contribution is -0.121. The molecule has 1 aliphatic carbocycles. The zero-order valence-corrected chi connectivity index (χ0v) is 18.2. The van der Waals surface area contributed by atoms with Gasteiger partial charge in [-0.1, -0.05) is 36.4 Å². The maximum Gasteiger partial charge on any atom is 0.220 e. The first-order valence-electron chi connectivity index (χ1n) is 11.2. The fraction of sp³-hybridized carbons (Fsp3) is 0.462. The molecule has 0 atom stereocenters. The molecule has 1 amide bonds. The second-order valence-electron chi connectivity index (χ2n) is 9.29. The highest BCUT2D eigenvalue weighted by molar-refractivity contribution is 5.98. The van der Waals surface area contributed by atoms with Crippen LogP contribution >= 0.6 is 0 Å². The number of aryl methyl sites for hydroxylation is 2. The monoisotopic (exact) mass is 404 g/mol. The number of benzene rings is 2. The minimum atomic E-state index is -0.132. The largest absolute Gasteiger partial charge is 0.354 e. The van der Waals surface area contributed by atoms with E-state index in [1.807, 2.05) is 12.1 Å². The molecule has 4 rings (SSSR count). The molecule has 0 spiro atoms. The van der Waals surface area contributed by atoms with Gasteiger partial charge >= 0.3 is 0 Å². The Bertz CT molecular complexity index is 948. The molecular formula is C26H32N2O2. The maximum absolute atomic E-state index is 12.5. The SMILES string of the molecule is CC(C)(CNC(=O)CCC(=O)c1ccc2c(c1)CCC2)N1CCc2ccccc2C1. The van der Waals surface area contributed by atoms with E-state index in [1.165, 1.54) is 28.7 Å². The van der Waals surface area contributed by atoms with Gasteiger partial charge in [-0.2, -0.15) is 0 Å². The van der Waals surface area contributed by atoms with Crippen molar-refractivity contribution >= 4 is 11.7 Å². The molecule has 0 saturated carbocycles. The Kier molecular flexibility index (Phi) is 6.05. The lowest BCUT2D eigenvalue weighted by Gasteiger charge is -2.41. The number of hydrogen-bond acceptors (Lipinski definition) is 3. The minimum absolute atomic E-state index is 0.0463. The molecule has 158 valence electrons. The van der Waals surface area contributed by atoms with Crippen LogP contribution in [0.5, 0.6) is 0 Å². The topological polar surface area (TPSA) is 49.4 Å². The number of hydrogen-bond donors (Lipinski definition) is 1. The summed E-state index contributed by atoms with van der Waals surface area (Å²) in [6.45, 7) is 6.85. The van der Waals surface area contributed by atoms with Crippen molar-refractivity contribution in [3.63, 3.8) is 0 Å². The molecule has 2 aliphatic rings. The number of carbonyl (C=O) groups is 2. The molecular weight excluding hydrogens is 372 g/mol. The van der Waals surface area contributed by atoms with Gasteiger partial charge in [0.05, 0.1) is 0 Å². The van der Waals surface area contributed by atoms with Crippen molar-refractivity contribution in [3.05, 3.63) is 70.3 Å². The molecule has 0 fully saturated rings. The molecule has 1 aliphatic heterocycles. The molecule has 0 aromatic heterocycles. The molecule has 0 unspecified atom stereocenters. The van der Waals surface area contributed by atoms with E-state index in [4.69, 9.17) is 0 Å². The second kappa shape index (κ2) is 8.73. The van der Waals surface area contributed by atoms with Gasteiger partial charge in [-0.05, 0) is 67.9 Å². The lowest BCUT2D eigenvalue weighted by atomic mass is 9.94. The van der Waals surface area contributed by atoms with Gasteiger partial charge in [-0.25, -0.2) is 0 Å². The van der Waals surface area contributed by atoms with Crippen molar-refractivity contribution in [1.82, 2.24) is 10.2 Å². The summed E-state index contributed by atoms with van der Waals surface area (Å²) in [5, 5.41) is 3.06. The third kappa shape index (κ3) is 4.65. The Morgan fingerprint density at radius 2 is 1.67 bits per heavy atom. The van der Waals surface area contributed by atoms with Crippen LogP contribution in [-0.4, -0.2) is 35.2 Å². The zero-order chi connectivity index (χ0) is 21.1. The highest BCUT2D eigenvalue weighted by atomic mass is 16.2. The standard InChI is InChI=1S/C26H32N2O2/c1-26(2,28-15-14-20-6-3-4-7-23(20)17-28)18-27-25(30)13-12-24(29)22-11-10-19-8-5-9-21(19)16-22/h3-4,6-7,10-11,16H,5,8-9,12-15,17-18H2,1-2H3,(H,27,30). The van der Waals surface area contributed by atoms with E-state index in [0.717, 1.165) is 37.9 Å². The van der Waals surface area contributed by atoms with Gasteiger partial charge in [0.1, 0.15) is 0 Å². The second-order valence-corrected chi connectivity index (χ2v) is 9.29. The fourth-order valence-electron chi connectivity index (χ4n) is 4.64. The van der Waals surface area contributed by atoms with E-state index in [1.54, 1.807) is 0 Å². The van der Waals surface area contributed by atoms with Gasteiger partial charge in [0, 0.05) is 43.6 Å². The smallest absolute Gasteiger partial charge is 0.220 e. The Labute approximate surface area is 179 Å². The van der Waals surface area contributed by atoms with Crippen molar-refractivity contribution < 1.29 is 9.59 Å². The highest BCUT2D eigenvalue weighted by Gasteiger charge is 2.30. The fourth-order valence-corrected chi connectivity index (χ4v) is 4.64. The molecule has 30 heavy (non-hydrogen) atoms. The molecule has 2 aromatic carbocycles. The predicted octanol–water partition coefficient (Wildman–Crippen LogP) is 4.09. The Morgan fingerprint density at radius 3 is 2.50 bits per heavy atom. The third-order valence-corrected chi connectivity index (χ3v) is 6.70. The first-order valence-corrected chi connectivity index (χ1v) is 11.2. The predicted molar refractivity (Wildman–Crippen MR) is 120 cm³/mol. The van der Waals surface area contributed by atoms with Crippen molar-refractivity contribution in [2.24, 2.45) is 0 Å². The van der Waals surface area contributed by atoms with Crippen molar-refractivity contribution in [2.45, 2.75) is 64.5 Å². The normalized spacial score (nSPS) is 16.1. The van der Waals surface area contributed by atoms with Crippen LogP contribution in [0, 0.1) is 0 Å². The average molecular weight is 405 g/mol. The zero-order valence-electron chi connectivity index (χ0n) is 18.2. The molecule has 4 nitrogen and oxygen atoms in total. The van der Waals surface area contributed by atoms with E-state index in [0.29, 0.717) is 6.54 Å². The van der Waals surface area contributed by atoms with Gasteiger partial charge in [-0.3, -0.25) is 14.5 Å². The van der Waals surface area contributed by atoms with Crippen LogP contribution < -0.4 is 5.32 Å². The number of rotatable bonds is 7. The third-order valence-electron chi connectivity index (χ3n) is 6.70. The van der Waals surface area contributed by atoms with Crippen LogP contribution in [0.15, 0.2) is 42.5 Å². The summed E-state index contributed by atoms with van der Waals surface area (Å²) in [6, 6.07) is 14.6. The number of nitrogens with one attached hydrogen (secondary N) is 1. The number of ketones is 1. The molecule has 1 heterocycles. The van der Waals surface area contributed by atoms with Crippen LogP contribution in [0.1, 0.15) is 65.7 Å². The molecule has 4 heteroatoms.